The number of methoxy groups -OCH3 is 1. The van der Waals surface area contributed by atoms with Crippen LogP contribution in [0.1, 0.15) is 29.6 Å². The monoisotopic (exact) mass is 477 g/mol. The quantitative estimate of drug-likeness (QED) is 0.459. The Morgan fingerprint density at radius 3 is 2.50 bits per heavy atom. The first-order valence-corrected chi connectivity index (χ1v) is 13.1. The molecule has 8 nitrogen and oxygen atoms in total. The zero-order valence-corrected chi connectivity index (χ0v) is 19.6. The van der Waals surface area contributed by atoms with E-state index in [0.717, 1.165) is 12.8 Å². The van der Waals surface area contributed by atoms with Gasteiger partial charge in [0.15, 0.2) is 0 Å². The van der Waals surface area contributed by atoms with Crippen molar-refractivity contribution >= 4 is 39.3 Å². The van der Waals surface area contributed by atoms with Gasteiger partial charge < -0.3 is 15.4 Å². The molecule has 1 aliphatic rings. The van der Waals surface area contributed by atoms with Gasteiger partial charge in [0.05, 0.1) is 12.0 Å². The molecule has 1 fully saturated rings. The molecule has 0 aromatic heterocycles. The van der Waals surface area contributed by atoms with E-state index in [1.165, 1.54) is 31.0 Å². The predicted molar refractivity (Wildman–Crippen MR) is 126 cm³/mol. The minimum Gasteiger partial charge on any atom is -0.497 e. The maximum Gasteiger partial charge on any atom is 0.251 e. The molecule has 1 aliphatic carbocycles. The molecule has 172 valence electrons. The van der Waals surface area contributed by atoms with Crippen LogP contribution >= 0.6 is 11.8 Å². The summed E-state index contributed by atoms with van der Waals surface area (Å²) >= 11 is 1.51. The summed E-state index contributed by atoms with van der Waals surface area (Å²) in [6.45, 7) is 0. The van der Waals surface area contributed by atoms with Gasteiger partial charge in [-0.1, -0.05) is 6.07 Å². The summed E-state index contributed by atoms with van der Waals surface area (Å²) in [7, 11) is -2.42. The average molecular weight is 478 g/mol. The fraction of sp³-hybridized carbons (Fsp3) is 0.364. The molecule has 0 unspecified atom stereocenters. The second-order valence-electron chi connectivity index (χ2n) is 7.45. The van der Waals surface area contributed by atoms with Crippen molar-refractivity contribution < 1.29 is 22.7 Å². The van der Waals surface area contributed by atoms with Crippen LogP contribution in [0.3, 0.4) is 0 Å². The van der Waals surface area contributed by atoms with Crippen molar-refractivity contribution in [3.8, 4) is 5.75 Å². The van der Waals surface area contributed by atoms with Gasteiger partial charge in [0.2, 0.25) is 15.9 Å². The van der Waals surface area contributed by atoms with Gasteiger partial charge in [-0.25, -0.2) is 8.42 Å². The molecule has 0 heterocycles. The number of carbonyl (C=O) groups is 2. The first-order valence-electron chi connectivity index (χ1n) is 10.2. The third-order valence-corrected chi connectivity index (χ3v) is 7.03. The molecule has 0 radical (unpaired) electrons. The lowest BCUT2D eigenvalue weighted by atomic mass is 10.1. The van der Waals surface area contributed by atoms with Gasteiger partial charge >= 0.3 is 0 Å². The summed E-state index contributed by atoms with van der Waals surface area (Å²) in [4.78, 5) is 25.2. The van der Waals surface area contributed by atoms with E-state index in [9.17, 15) is 18.0 Å². The summed E-state index contributed by atoms with van der Waals surface area (Å²) in [6, 6.07) is 11.8. The molecule has 0 aliphatic heterocycles. The topological polar surface area (TPSA) is 114 Å². The number of sulfonamides is 1. The first-order chi connectivity index (χ1) is 15.3. The van der Waals surface area contributed by atoms with E-state index in [1.807, 2.05) is 6.26 Å². The summed E-state index contributed by atoms with van der Waals surface area (Å²) in [5.74, 6) is 0.442. The maximum atomic E-state index is 12.9. The predicted octanol–water partition coefficient (Wildman–Crippen LogP) is 2.63. The summed E-state index contributed by atoms with van der Waals surface area (Å²) < 4.78 is 33.2. The number of amides is 2. The van der Waals surface area contributed by atoms with Gasteiger partial charge in [0, 0.05) is 17.3 Å². The molecule has 3 rings (SSSR count). The number of nitrogens with one attached hydrogen (secondary N) is 3. The number of thioether (sulfide) groups is 1. The van der Waals surface area contributed by atoms with E-state index in [0.29, 0.717) is 29.2 Å². The molecule has 2 amide bonds. The van der Waals surface area contributed by atoms with E-state index in [2.05, 4.69) is 15.4 Å². The van der Waals surface area contributed by atoms with Crippen molar-refractivity contribution in [2.45, 2.75) is 36.2 Å². The Labute approximate surface area is 192 Å². The van der Waals surface area contributed by atoms with Crippen molar-refractivity contribution in [2.75, 3.05) is 24.4 Å². The fourth-order valence-corrected chi connectivity index (χ4v) is 4.65. The van der Waals surface area contributed by atoms with Crippen LogP contribution in [0.5, 0.6) is 5.75 Å². The number of rotatable bonds is 11. The Bertz CT molecular complexity index is 1050. The molecule has 0 saturated heterocycles. The largest absolute Gasteiger partial charge is 0.497 e. The van der Waals surface area contributed by atoms with Gasteiger partial charge in [-0.05, 0) is 73.7 Å². The molecular weight excluding hydrogens is 450 g/mol. The van der Waals surface area contributed by atoms with Crippen molar-refractivity contribution in [2.24, 2.45) is 0 Å². The Balaban J connectivity index is 1.72. The number of benzene rings is 2. The van der Waals surface area contributed by atoms with Crippen LogP contribution in [0.15, 0.2) is 53.4 Å². The van der Waals surface area contributed by atoms with Crippen molar-refractivity contribution in [1.29, 1.82) is 0 Å². The molecule has 10 heteroatoms. The highest BCUT2D eigenvalue weighted by molar-refractivity contribution is 7.98. The van der Waals surface area contributed by atoms with E-state index < -0.39 is 22.0 Å². The number of hydrogen-bond donors (Lipinski definition) is 3. The lowest BCUT2D eigenvalue weighted by Gasteiger charge is -2.18. The highest BCUT2D eigenvalue weighted by Gasteiger charge is 2.26. The Morgan fingerprint density at radius 1 is 1.16 bits per heavy atom. The Morgan fingerprint density at radius 2 is 1.88 bits per heavy atom. The van der Waals surface area contributed by atoms with Gasteiger partial charge in [-0.3, -0.25) is 9.59 Å². The number of hydrogen-bond acceptors (Lipinski definition) is 6. The number of ether oxygens (including phenoxy) is 1. The fourth-order valence-electron chi connectivity index (χ4n) is 2.95. The highest BCUT2D eigenvalue weighted by Crippen LogP contribution is 2.20. The second-order valence-corrected chi connectivity index (χ2v) is 10.1. The molecule has 3 N–H and O–H groups in total. The lowest BCUT2D eigenvalue weighted by Crippen LogP contribution is -2.44. The van der Waals surface area contributed by atoms with Gasteiger partial charge in [-0.2, -0.15) is 16.5 Å². The van der Waals surface area contributed by atoms with Crippen LogP contribution in [0.4, 0.5) is 5.69 Å². The zero-order chi connectivity index (χ0) is 23.1. The van der Waals surface area contributed by atoms with E-state index >= 15 is 0 Å². The molecule has 0 bridgehead atoms. The summed E-state index contributed by atoms with van der Waals surface area (Å²) in [5.41, 5.74) is 0.866. The SMILES string of the molecule is COc1ccc(S(=O)(=O)N[C@@H](CCSC)C(=O)Nc2cccc(C(=O)NC3CC3)c2)cc1. The highest BCUT2D eigenvalue weighted by atomic mass is 32.2. The van der Waals surface area contributed by atoms with Crippen LogP contribution in [-0.2, 0) is 14.8 Å². The molecule has 2 aromatic carbocycles. The maximum absolute atomic E-state index is 12.9. The van der Waals surface area contributed by atoms with Crippen LogP contribution in [0, 0.1) is 0 Å². The van der Waals surface area contributed by atoms with Gasteiger partial charge in [0.25, 0.3) is 5.91 Å². The first kappa shape index (κ1) is 24.1. The van der Waals surface area contributed by atoms with Crippen molar-refractivity contribution in [3.05, 3.63) is 54.1 Å². The number of carbonyl (C=O) groups excluding carboxylic acids is 2. The lowest BCUT2D eigenvalue weighted by molar-refractivity contribution is -0.117. The standard InChI is InChI=1S/C22H27N3O5S2/c1-30-18-8-10-19(11-9-18)32(28,29)25-20(12-13-31-2)22(27)24-17-5-3-4-15(14-17)21(26)23-16-6-7-16/h3-5,8-11,14,16,20,25H,6-7,12-13H2,1-2H3,(H,23,26)(H,24,27)/t20-/m0/s1. The number of anilines is 1. The van der Waals surface area contributed by atoms with Crippen LogP contribution < -0.4 is 20.1 Å². The Kier molecular flexibility index (Phi) is 8.16. The average Bonchev–Trinajstić information content (AvgIpc) is 3.60. The van der Waals surface area contributed by atoms with Crippen LogP contribution in [0.2, 0.25) is 0 Å². The molecule has 1 saturated carbocycles. The zero-order valence-electron chi connectivity index (χ0n) is 18.0. The third kappa shape index (κ3) is 6.72. The van der Waals surface area contributed by atoms with Crippen molar-refractivity contribution in [3.63, 3.8) is 0 Å². The molecular formula is C22H27N3O5S2. The smallest absolute Gasteiger partial charge is 0.251 e. The van der Waals surface area contributed by atoms with Crippen LogP contribution in [-0.4, -0.2) is 51.4 Å². The van der Waals surface area contributed by atoms with E-state index in [-0.39, 0.29) is 16.8 Å². The summed E-state index contributed by atoms with van der Waals surface area (Å²) in [6.07, 6.45) is 4.15. The molecule has 0 spiro atoms. The normalized spacial score (nSPS) is 14.4. The van der Waals surface area contributed by atoms with Crippen LogP contribution in [0.25, 0.3) is 0 Å². The van der Waals surface area contributed by atoms with Gasteiger partial charge in [-0.15, -0.1) is 0 Å². The molecule has 1 atom stereocenters. The minimum atomic E-state index is -3.92. The van der Waals surface area contributed by atoms with E-state index in [1.54, 1.807) is 36.4 Å². The molecule has 32 heavy (non-hydrogen) atoms. The third-order valence-electron chi connectivity index (χ3n) is 4.90. The van der Waals surface area contributed by atoms with E-state index in [4.69, 9.17) is 4.74 Å². The minimum absolute atomic E-state index is 0.0407. The van der Waals surface area contributed by atoms with Gasteiger partial charge in [0.1, 0.15) is 11.8 Å². The molecule has 2 aromatic rings. The summed E-state index contributed by atoms with van der Waals surface area (Å²) in [5, 5.41) is 5.64. The second kappa shape index (κ2) is 10.8. The van der Waals surface area contributed by atoms with Crippen molar-refractivity contribution in [1.82, 2.24) is 10.0 Å². The Hall–Kier alpha value is -2.56.